The van der Waals surface area contributed by atoms with Crippen molar-refractivity contribution in [1.29, 1.82) is 0 Å². The predicted molar refractivity (Wildman–Crippen MR) is 90.9 cm³/mol. The van der Waals surface area contributed by atoms with Gasteiger partial charge in [-0.15, -0.1) is 0 Å². The molecule has 3 nitrogen and oxygen atoms in total. The summed E-state index contributed by atoms with van der Waals surface area (Å²) in [6.07, 6.45) is 0. The van der Waals surface area contributed by atoms with E-state index in [4.69, 9.17) is 0 Å². The van der Waals surface area contributed by atoms with E-state index in [1.54, 1.807) is 0 Å². The van der Waals surface area contributed by atoms with Crippen LogP contribution in [-0.4, -0.2) is 18.7 Å². The third-order valence-electron chi connectivity index (χ3n) is 4.09. The first-order chi connectivity index (χ1) is 10.0. The van der Waals surface area contributed by atoms with E-state index in [-0.39, 0.29) is 0 Å². The van der Waals surface area contributed by atoms with E-state index in [2.05, 4.69) is 80.0 Å². The Hall–Kier alpha value is -1.74. The van der Waals surface area contributed by atoms with Crippen LogP contribution in [0.3, 0.4) is 0 Å². The topological polar surface area (TPSA) is 20.2 Å². The van der Waals surface area contributed by atoms with E-state index in [0.29, 0.717) is 0 Å². The normalized spacial score (nSPS) is 10.9. The van der Waals surface area contributed by atoms with Gasteiger partial charge in [0.2, 0.25) is 0 Å². The third kappa shape index (κ3) is 3.67. The summed E-state index contributed by atoms with van der Waals surface area (Å²) in [5.41, 5.74) is 6.70. The van der Waals surface area contributed by atoms with E-state index in [0.717, 1.165) is 19.6 Å². The first kappa shape index (κ1) is 15.6. The Labute approximate surface area is 128 Å². The lowest BCUT2D eigenvalue weighted by atomic mass is 10.2. The third-order valence-corrected chi connectivity index (χ3v) is 4.09. The maximum Gasteiger partial charge on any atom is 0.0361 e. The minimum atomic E-state index is 0.906. The second-order valence-corrected chi connectivity index (χ2v) is 5.81. The molecule has 0 aliphatic carbocycles. The summed E-state index contributed by atoms with van der Waals surface area (Å²) in [5, 5.41) is 3.55. The van der Waals surface area contributed by atoms with Crippen molar-refractivity contribution in [3.63, 3.8) is 0 Å². The van der Waals surface area contributed by atoms with Gasteiger partial charge in [-0.25, -0.2) is 0 Å². The first-order valence-electron chi connectivity index (χ1n) is 7.65. The van der Waals surface area contributed by atoms with Crippen molar-refractivity contribution < 1.29 is 0 Å². The summed E-state index contributed by atoms with van der Waals surface area (Å²) in [6, 6.07) is 11.0. The molecule has 2 rings (SSSR count). The average molecular weight is 285 g/mol. The molecule has 1 aromatic heterocycles. The molecule has 1 N–H and O–H groups in total. The number of rotatable bonds is 6. The van der Waals surface area contributed by atoms with Crippen molar-refractivity contribution in [2.45, 2.75) is 40.4 Å². The Kier molecular flexibility index (Phi) is 5.07. The maximum atomic E-state index is 3.55. The van der Waals surface area contributed by atoms with E-state index < -0.39 is 0 Å². The van der Waals surface area contributed by atoms with Gasteiger partial charge in [0.25, 0.3) is 0 Å². The molecule has 21 heavy (non-hydrogen) atoms. The van der Waals surface area contributed by atoms with Crippen LogP contribution in [-0.2, 0) is 19.6 Å². The van der Waals surface area contributed by atoms with Crippen LogP contribution in [0, 0.1) is 13.8 Å². The van der Waals surface area contributed by atoms with Crippen LogP contribution < -0.4 is 10.2 Å². The highest BCUT2D eigenvalue weighted by molar-refractivity contribution is 5.45. The second kappa shape index (κ2) is 6.81. The number of benzene rings is 1. The number of anilines is 1. The van der Waals surface area contributed by atoms with Gasteiger partial charge in [0.1, 0.15) is 0 Å². The lowest BCUT2D eigenvalue weighted by Gasteiger charge is -2.13. The largest absolute Gasteiger partial charge is 0.378 e. The van der Waals surface area contributed by atoms with E-state index in [9.17, 15) is 0 Å². The highest BCUT2D eigenvalue weighted by atomic mass is 15.1. The molecule has 0 amide bonds. The molecule has 0 aliphatic heterocycles. The van der Waals surface area contributed by atoms with E-state index in [1.165, 1.54) is 28.2 Å². The van der Waals surface area contributed by atoms with Crippen molar-refractivity contribution >= 4 is 5.69 Å². The van der Waals surface area contributed by atoms with Gasteiger partial charge in [-0.3, -0.25) is 0 Å². The average Bonchev–Trinajstić information content (AvgIpc) is 2.73. The van der Waals surface area contributed by atoms with Gasteiger partial charge in [0, 0.05) is 50.8 Å². The Bertz CT molecular complexity index is 579. The van der Waals surface area contributed by atoms with Crippen LogP contribution in [0.5, 0.6) is 0 Å². The van der Waals surface area contributed by atoms with Gasteiger partial charge in [0.15, 0.2) is 0 Å². The van der Waals surface area contributed by atoms with Gasteiger partial charge in [0.05, 0.1) is 0 Å². The van der Waals surface area contributed by atoms with Crippen LogP contribution in [0.15, 0.2) is 30.3 Å². The molecule has 0 saturated carbocycles. The molecule has 114 valence electrons. The lowest BCUT2D eigenvalue weighted by Crippen LogP contribution is -2.14. The molecule has 3 heteroatoms. The van der Waals surface area contributed by atoms with Crippen LogP contribution in [0.4, 0.5) is 5.69 Å². The molecule has 0 atom stereocenters. The number of nitrogens with zero attached hydrogens (tertiary/aromatic N) is 2. The summed E-state index contributed by atoms with van der Waals surface area (Å²) < 4.78 is 2.36. The van der Waals surface area contributed by atoms with Crippen molar-refractivity contribution in [1.82, 2.24) is 9.88 Å². The Morgan fingerprint density at radius 1 is 1.05 bits per heavy atom. The fraction of sp³-hybridized carbons (Fsp3) is 0.444. The Morgan fingerprint density at radius 2 is 1.71 bits per heavy atom. The van der Waals surface area contributed by atoms with Gasteiger partial charge >= 0.3 is 0 Å². The van der Waals surface area contributed by atoms with Crippen LogP contribution in [0.25, 0.3) is 0 Å². The SMILES string of the molecule is CCn1c(C)cc(CNCc2ccc(N(C)C)cc2)c1C. The molecule has 0 radical (unpaired) electrons. The summed E-state index contributed by atoms with van der Waals surface area (Å²) in [7, 11) is 4.13. The fourth-order valence-corrected chi connectivity index (χ4v) is 2.79. The maximum absolute atomic E-state index is 3.55. The summed E-state index contributed by atoms with van der Waals surface area (Å²) in [5.74, 6) is 0. The summed E-state index contributed by atoms with van der Waals surface area (Å²) in [6.45, 7) is 9.46. The molecular formula is C18H27N3. The summed E-state index contributed by atoms with van der Waals surface area (Å²) >= 11 is 0. The molecule has 1 heterocycles. The zero-order valence-corrected chi connectivity index (χ0v) is 13.9. The second-order valence-electron chi connectivity index (χ2n) is 5.81. The molecule has 0 saturated heterocycles. The van der Waals surface area contributed by atoms with Gasteiger partial charge in [-0.05, 0) is 50.1 Å². The van der Waals surface area contributed by atoms with Crippen LogP contribution in [0.2, 0.25) is 0 Å². The molecule has 0 fully saturated rings. The molecule has 0 unspecified atom stereocenters. The first-order valence-corrected chi connectivity index (χ1v) is 7.65. The minimum Gasteiger partial charge on any atom is -0.378 e. The predicted octanol–water partition coefficient (Wildman–Crippen LogP) is 3.48. The molecular weight excluding hydrogens is 258 g/mol. The monoisotopic (exact) mass is 285 g/mol. The highest BCUT2D eigenvalue weighted by Gasteiger charge is 2.07. The quantitative estimate of drug-likeness (QED) is 0.877. The molecule has 0 bridgehead atoms. The molecule has 1 aromatic carbocycles. The highest BCUT2D eigenvalue weighted by Crippen LogP contribution is 2.15. The van der Waals surface area contributed by atoms with E-state index >= 15 is 0 Å². The zero-order chi connectivity index (χ0) is 15.4. The smallest absolute Gasteiger partial charge is 0.0361 e. The van der Waals surface area contributed by atoms with Crippen molar-refractivity contribution in [3.8, 4) is 0 Å². The standard InChI is InChI=1S/C18H27N3/c1-6-21-14(2)11-17(15(21)3)13-19-12-16-7-9-18(10-8-16)20(4)5/h7-11,19H,6,12-13H2,1-5H3. The van der Waals surface area contributed by atoms with E-state index in [1.807, 2.05) is 0 Å². The Morgan fingerprint density at radius 3 is 2.24 bits per heavy atom. The van der Waals surface area contributed by atoms with Gasteiger partial charge < -0.3 is 14.8 Å². The van der Waals surface area contributed by atoms with Crippen molar-refractivity contribution in [2.24, 2.45) is 0 Å². The van der Waals surface area contributed by atoms with Crippen LogP contribution >= 0.6 is 0 Å². The number of hydrogen-bond donors (Lipinski definition) is 1. The fourth-order valence-electron chi connectivity index (χ4n) is 2.79. The number of aryl methyl sites for hydroxylation is 1. The van der Waals surface area contributed by atoms with Gasteiger partial charge in [-0.1, -0.05) is 12.1 Å². The van der Waals surface area contributed by atoms with Crippen LogP contribution in [0.1, 0.15) is 29.4 Å². The zero-order valence-electron chi connectivity index (χ0n) is 13.9. The number of nitrogens with one attached hydrogen (secondary N) is 1. The summed E-state index contributed by atoms with van der Waals surface area (Å²) in [4.78, 5) is 2.12. The number of hydrogen-bond acceptors (Lipinski definition) is 2. The molecule has 2 aromatic rings. The molecule has 0 aliphatic rings. The Balaban J connectivity index is 1.92. The lowest BCUT2D eigenvalue weighted by molar-refractivity contribution is 0.675. The van der Waals surface area contributed by atoms with Gasteiger partial charge in [-0.2, -0.15) is 0 Å². The molecule has 0 spiro atoms. The van der Waals surface area contributed by atoms with Crippen molar-refractivity contribution in [3.05, 3.63) is 52.8 Å². The minimum absolute atomic E-state index is 0.906. The van der Waals surface area contributed by atoms with Crippen molar-refractivity contribution in [2.75, 3.05) is 19.0 Å². The number of aromatic nitrogens is 1.